The van der Waals surface area contributed by atoms with E-state index in [1.54, 1.807) is 34.2 Å². The van der Waals surface area contributed by atoms with E-state index >= 15 is 0 Å². The van der Waals surface area contributed by atoms with E-state index in [2.05, 4.69) is 15.4 Å². The number of rotatable bonds is 7. The zero-order valence-corrected chi connectivity index (χ0v) is 15.6. The Morgan fingerprint density at radius 1 is 1.37 bits per heavy atom. The summed E-state index contributed by atoms with van der Waals surface area (Å²) in [7, 11) is 1.47. The zero-order chi connectivity index (χ0) is 18.8. The van der Waals surface area contributed by atoms with Gasteiger partial charge in [0, 0.05) is 18.8 Å². The molecule has 1 aliphatic carbocycles. The number of methoxy groups -OCH3 is 1. The molecule has 8 nitrogen and oxygen atoms in total. The van der Waals surface area contributed by atoms with E-state index in [0.29, 0.717) is 17.9 Å². The molecule has 3 aromatic heterocycles. The Labute approximate surface area is 159 Å². The van der Waals surface area contributed by atoms with Gasteiger partial charge in [0.15, 0.2) is 5.82 Å². The van der Waals surface area contributed by atoms with Crippen LogP contribution in [-0.4, -0.2) is 38.9 Å². The predicted octanol–water partition coefficient (Wildman–Crippen LogP) is 1.94. The number of nitrogens with one attached hydrogen (secondary N) is 1. The third kappa shape index (κ3) is 3.50. The molecule has 4 rings (SSSR count). The van der Waals surface area contributed by atoms with Gasteiger partial charge in [-0.25, -0.2) is 14.5 Å². The molecule has 3 heterocycles. The van der Waals surface area contributed by atoms with Crippen LogP contribution in [0.5, 0.6) is 5.88 Å². The Bertz CT molecular complexity index is 1000. The van der Waals surface area contributed by atoms with Crippen molar-refractivity contribution in [3.63, 3.8) is 0 Å². The van der Waals surface area contributed by atoms with E-state index in [4.69, 9.17) is 4.74 Å². The van der Waals surface area contributed by atoms with E-state index < -0.39 is 0 Å². The molecule has 1 aliphatic rings. The minimum Gasteiger partial charge on any atom is -0.480 e. The molecule has 0 bridgehead atoms. The van der Waals surface area contributed by atoms with E-state index in [0.717, 1.165) is 17.7 Å². The highest BCUT2D eigenvalue weighted by Crippen LogP contribution is 2.37. The lowest BCUT2D eigenvalue weighted by Crippen LogP contribution is -2.32. The molecule has 0 saturated heterocycles. The summed E-state index contributed by atoms with van der Waals surface area (Å²) in [6, 6.07) is 7.46. The van der Waals surface area contributed by atoms with Crippen molar-refractivity contribution in [2.75, 3.05) is 13.7 Å². The first-order valence-corrected chi connectivity index (χ1v) is 9.57. The Morgan fingerprint density at radius 3 is 2.93 bits per heavy atom. The van der Waals surface area contributed by atoms with Gasteiger partial charge < -0.3 is 10.1 Å². The molecule has 140 valence electrons. The first-order valence-electron chi connectivity index (χ1n) is 8.69. The number of hydrogen-bond donors (Lipinski definition) is 1. The van der Waals surface area contributed by atoms with E-state index in [1.165, 1.54) is 11.8 Å². The van der Waals surface area contributed by atoms with Crippen LogP contribution in [0.25, 0.3) is 10.7 Å². The summed E-state index contributed by atoms with van der Waals surface area (Å²) in [5, 5.41) is 9.27. The molecule has 0 atom stereocenters. The molecule has 1 amide bonds. The molecule has 1 saturated carbocycles. The number of carbonyl (C=O) groups excluding carboxylic acids is 1. The number of thiophene rings is 1. The lowest BCUT2D eigenvalue weighted by molar-refractivity contribution is 0.0948. The maximum Gasteiger partial charge on any atom is 0.346 e. The zero-order valence-electron chi connectivity index (χ0n) is 14.8. The first kappa shape index (κ1) is 17.5. The van der Waals surface area contributed by atoms with E-state index in [1.807, 2.05) is 17.5 Å². The largest absolute Gasteiger partial charge is 0.480 e. The number of ether oxygens (including phenoxy) is 1. The summed E-state index contributed by atoms with van der Waals surface area (Å²) in [6.45, 7) is 0.577. The summed E-state index contributed by atoms with van der Waals surface area (Å²) in [5.41, 5.74) is 0.226. The molecule has 0 radical (unpaired) electrons. The molecule has 0 unspecified atom stereocenters. The number of pyridine rings is 1. The van der Waals surface area contributed by atoms with Gasteiger partial charge in [-0.05, 0) is 36.4 Å². The average molecular weight is 385 g/mol. The van der Waals surface area contributed by atoms with Crippen molar-refractivity contribution in [3.8, 4) is 16.6 Å². The summed E-state index contributed by atoms with van der Waals surface area (Å²) >= 11 is 1.56. The van der Waals surface area contributed by atoms with Gasteiger partial charge in [-0.2, -0.15) is 0 Å². The Balaban J connectivity index is 1.48. The van der Waals surface area contributed by atoms with Crippen molar-refractivity contribution < 1.29 is 9.53 Å². The molecule has 27 heavy (non-hydrogen) atoms. The first-order chi connectivity index (χ1) is 13.2. The minimum absolute atomic E-state index is 0.130. The quantitative estimate of drug-likeness (QED) is 0.671. The standard InChI is InChI=1S/C18H19N5O3S/c1-26-17-13(4-2-8-20-17)16(24)19-9-10-22-18(25)23(12-6-7-12)15(21-22)14-5-3-11-27-14/h2-5,8,11-12H,6-7,9-10H2,1H3,(H,19,24). The van der Waals surface area contributed by atoms with Gasteiger partial charge in [0.2, 0.25) is 5.88 Å². The smallest absolute Gasteiger partial charge is 0.346 e. The number of hydrogen-bond acceptors (Lipinski definition) is 6. The van der Waals surface area contributed by atoms with Crippen molar-refractivity contribution >= 4 is 17.2 Å². The van der Waals surface area contributed by atoms with Crippen molar-refractivity contribution in [1.82, 2.24) is 24.6 Å². The van der Waals surface area contributed by atoms with Crippen LogP contribution in [0.4, 0.5) is 0 Å². The van der Waals surface area contributed by atoms with Crippen LogP contribution in [0.15, 0.2) is 40.6 Å². The van der Waals surface area contributed by atoms with Crippen LogP contribution < -0.4 is 15.7 Å². The van der Waals surface area contributed by atoms with Gasteiger partial charge in [-0.15, -0.1) is 16.4 Å². The molecular weight excluding hydrogens is 366 g/mol. The number of nitrogens with zero attached hydrogens (tertiary/aromatic N) is 4. The number of aromatic nitrogens is 4. The Hall–Kier alpha value is -2.94. The monoisotopic (exact) mass is 385 g/mol. The maximum atomic E-state index is 12.7. The SMILES string of the molecule is COc1ncccc1C(=O)NCCn1nc(-c2cccs2)n(C2CC2)c1=O. The van der Waals surface area contributed by atoms with E-state index in [9.17, 15) is 9.59 Å². The fourth-order valence-corrected chi connectivity index (χ4v) is 3.60. The highest BCUT2D eigenvalue weighted by atomic mass is 32.1. The van der Waals surface area contributed by atoms with Crippen molar-refractivity contribution in [2.24, 2.45) is 0 Å². The van der Waals surface area contributed by atoms with Gasteiger partial charge in [-0.1, -0.05) is 6.07 Å². The van der Waals surface area contributed by atoms with Crippen LogP contribution in [0.3, 0.4) is 0 Å². The lowest BCUT2D eigenvalue weighted by Gasteiger charge is -2.07. The van der Waals surface area contributed by atoms with Crippen LogP contribution >= 0.6 is 11.3 Å². The molecule has 1 fully saturated rings. The van der Waals surface area contributed by atoms with Gasteiger partial charge in [-0.3, -0.25) is 9.36 Å². The van der Waals surface area contributed by atoms with Crippen LogP contribution in [-0.2, 0) is 6.54 Å². The second kappa shape index (κ2) is 7.36. The maximum absolute atomic E-state index is 12.7. The third-order valence-corrected chi connectivity index (χ3v) is 5.21. The topological polar surface area (TPSA) is 91.0 Å². The second-order valence-corrected chi connectivity index (χ2v) is 7.17. The lowest BCUT2D eigenvalue weighted by atomic mass is 10.2. The van der Waals surface area contributed by atoms with Crippen molar-refractivity contribution in [1.29, 1.82) is 0 Å². The van der Waals surface area contributed by atoms with Crippen molar-refractivity contribution in [2.45, 2.75) is 25.4 Å². The summed E-state index contributed by atoms with van der Waals surface area (Å²) in [6.07, 6.45) is 3.56. The van der Waals surface area contributed by atoms with Gasteiger partial charge >= 0.3 is 5.69 Å². The summed E-state index contributed by atoms with van der Waals surface area (Å²) < 4.78 is 8.30. The van der Waals surface area contributed by atoms with Crippen LogP contribution in [0.1, 0.15) is 29.2 Å². The summed E-state index contributed by atoms with van der Waals surface area (Å²) in [4.78, 5) is 30.1. The molecule has 1 N–H and O–H groups in total. The Kier molecular flexibility index (Phi) is 4.76. The van der Waals surface area contributed by atoms with Crippen LogP contribution in [0.2, 0.25) is 0 Å². The molecular formula is C18H19N5O3S. The molecule has 0 aromatic carbocycles. The fourth-order valence-electron chi connectivity index (χ4n) is 2.90. The number of carbonyl (C=O) groups is 1. The predicted molar refractivity (Wildman–Crippen MR) is 101 cm³/mol. The highest BCUT2D eigenvalue weighted by Gasteiger charge is 2.30. The molecule has 0 spiro atoms. The average Bonchev–Trinajstić information content (AvgIpc) is 3.26. The van der Waals surface area contributed by atoms with Gasteiger partial charge in [0.1, 0.15) is 5.56 Å². The second-order valence-electron chi connectivity index (χ2n) is 6.22. The Morgan fingerprint density at radius 2 is 2.22 bits per heavy atom. The van der Waals surface area contributed by atoms with Crippen molar-refractivity contribution in [3.05, 3.63) is 51.9 Å². The van der Waals surface area contributed by atoms with Gasteiger partial charge in [0.05, 0.1) is 18.5 Å². The molecule has 3 aromatic rings. The molecule has 9 heteroatoms. The van der Waals surface area contributed by atoms with Crippen LogP contribution in [0, 0.1) is 0 Å². The fraction of sp³-hybridized carbons (Fsp3) is 0.333. The third-order valence-electron chi connectivity index (χ3n) is 4.34. The summed E-state index contributed by atoms with van der Waals surface area (Å²) in [5.74, 6) is 0.677. The minimum atomic E-state index is -0.298. The normalized spacial score (nSPS) is 13.5. The highest BCUT2D eigenvalue weighted by molar-refractivity contribution is 7.13. The van der Waals surface area contributed by atoms with Gasteiger partial charge in [0.25, 0.3) is 5.91 Å². The molecule has 0 aliphatic heterocycles. The number of amides is 1. The van der Waals surface area contributed by atoms with E-state index in [-0.39, 0.29) is 30.1 Å².